The Morgan fingerprint density at radius 2 is 2.32 bits per heavy atom. The Morgan fingerprint density at radius 3 is 2.95 bits per heavy atom. The van der Waals surface area contributed by atoms with Crippen LogP contribution in [0.3, 0.4) is 0 Å². The first-order valence-electron chi connectivity index (χ1n) is 6.34. The lowest BCUT2D eigenvalue weighted by Crippen LogP contribution is -2.43. The van der Waals surface area contributed by atoms with E-state index in [-0.39, 0.29) is 11.3 Å². The third kappa shape index (κ3) is 3.25. The van der Waals surface area contributed by atoms with Crippen LogP contribution >= 0.6 is 15.9 Å². The highest BCUT2D eigenvalue weighted by Crippen LogP contribution is 2.30. The molecule has 0 bridgehead atoms. The van der Waals surface area contributed by atoms with Crippen LogP contribution in [0.25, 0.3) is 0 Å². The summed E-state index contributed by atoms with van der Waals surface area (Å²) in [6, 6.07) is 1.76. The number of nitrogens with one attached hydrogen (secondary N) is 1. The number of hydrogen-bond acceptors (Lipinski definition) is 4. The van der Waals surface area contributed by atoms with Crippen molar-refractivity contribution < 1.29 is 4.79 Å². The molecule has 0 atom stereocenters. The largest absolute Gasteiger partial charge is 0.338 e. The van der Waals surface area contributed by atoms with Crippen molar-refractivity contribution >= 4 is 27.7 Å². The molecule has 1 aromatic heterocycles. The average molecular weight is 327 g/mol. The summed E-state index contributed by atoms with van der Waals surface area (Å²) < 4.78 is 0.770. The smallest absolute Gasteiger partial charge is 0.257 e. The van der Waals surface area contributed by atoms with Crippen molar-refractivity contribution in [2.45, 2.75) is 26.7 Å². The van der Waals surface area contributed by atoms with E-state index in [2.05, 4.69) is 40.2 Å². The Labute approximate surface area is 121 Å². The summed E-state index contributed by atoms with van der Waals surface area (Å²) in [7, 11) is 0. The monoisotopic (exact) mass is 326 g/mol. The van der Waals surface area contributed by atoms with Crippen LogP contribution in [0.15, 0.2) is 16.7 Å². The molecule has 2 heterocycles. The molecule has 0 radical (unpaired) electrons. The number of nitrogen functional groups attached to an aromatic ring is 1. The van der Waals surface area contributed by atoms with E-state index in [1.807, 2.05) is 4.90 Å². The van der Waals surface area contributed by atoms with Gasteiger partial charge in [0.1, 0.15) is 0 Å². The zero-order chi connectivity index (χ0) is 14.0. The van der Waals surface area contributed by atoms with Gasteiger partial charge in [0, 0.05) is 23.8 Å². The summed E-state index contributed by atoms with van der Waals surface area (Å²) in [6.45, 7) is 5.93. The summed E-state index contributed by atoms with van der Waals surface area (Å²) in [6.07, 6.45) is 3.80. The van der Waals surface area contributed by atoms with E-state index in [0.29, 0.717) is 11.4 Å². The van der Waals surface area contributed by atoms with Gasteiger partial charge in [-0.25, -0.2) is 10.8 Å². The quantitative estimate of drug-likeness (QED) is 0.646. The maximum Gasteiger partial charge on any atom is 0.257 e. The van der Waals surface area contributed by atoms with Gasteiger partial charge in [-0.05, 0) is 40.3 Å². The number of likely N-dealkylation sites (tertiary alicyclic amines) is 1. The molecule has 2 rings (SSSR count). The molecule has 0 aromatic carbocycles. The topological polar surface area (TPSA) is 71.2 Å². The number of halogens is 1. The first-order valence-corrected chi connectivity index (χ1v) is 7.14. The summed E-state index contributed by atoms with van der Waals surface area (Å²) in [4.78, 5) is 18.6. The van der Waals surface area contributed by atoms with Crippen molar-refractivity contribution in [2.24, 2.45) is 11.3 Å². The van der Waals surface area contributed by atoms with Gasteiger partial charge in [-0.3, -0.25) is 4.79 Å². The highest BCUT2D eigenvalue weighted by Gasteiger charge is 2.30. The van der Waals surface area contributed by atoms with Crippen molar-refractivity contribution in [1.82, 2.24) is 9.88 Å². The molecule has 0 unspecified atom stereocenters. The number of anilines is 1. The normalized spacial score (nSPS) is 18.2. The summed E-state index contributed by atoms with van der Waals surface area (Å²) in [5.41, 5.74) is 3.16. The van der Waals surface area contributed by atoms with E-state index in [9.17, 15) is 4.79 Å². The van der Waals surface area contributed by atoms with Crippen molar-refractivity contribution in [3.05, 3.63) is 22.3 Å². The second kappa shape index (κ2) is 5.46. The molecular formula is C13H19BrN4O. The maximum atomic E-state index is 12.6. The van der Waals surface area contributed by atoms with Crippen LogP contribution in [-0.4, -0.2) is 28.9 Å². The Kier molecular flexibility index (Phi) is 4.10. The standard InChI is InChI=1S/C13H19BrN4O/c1-13(2)4-3-5-18(8-13)12(19)10-6-9(14)7-16-11(10)17-15/h6-7H,3-5,8,15H2,1-2H3,(H,16,17). The van der Waals surface area contributed by atoms with Crippen molar-refractivity contribution in [2.75, 3.05) is 18.5 Å². The van der Waals surface area contributed by atoms with Gasteiger partial charge in [-0.2, -0.15) is 0 Å². The van der Waals surface area contributed by atoms with Gasteiger partial charge >= 0.3 is 0 Å². The van der Waals surface area contributed by atoms with Gasteiger partial charge in [0.05, 0.1) is 5.56 Å². The van der Waals surface area contributed by atoms with E-state index in [0.717, 1.165) is 30.4 Å². The van der Waals surface area contributed by atoms with Gasteiger partial charge in [0.2, 0.25) is 0 Å². The third-order valence-electron chi connectivity index (χ3n) is 3.41. The fourth-order valence-electron chi connectivity index (χ4n) is 2.48. The van der Waals surface area contributed by atoms with Gasteiger partial charge < -0.3 is 10.3 Å². The van der Waals surface area contributed by atoms with Gasteiger partial charge in [-0.1, -0.05) is 13.8 Å². The van der Waals surface area contributed by atoms with Crippen LogP contribution in [0.5, 0.6) is 0 Å². The molecule has 5 nitrogen and oxygen atoms in total. The lowest BCUT2D eigenvalue weighted by molar-refractivity contribution is 0.0584. The molecule has 3 N–H and O–H groups in total. The average Bonchev–Trinajstić information content (AvgIpc) is 2.36. The number of carbonyl (C=O) groups excluding carboxylic acids is 1. The minimum absolute atomic E-state index is 0.0190. The molecule has 1 saturated heterocycles. The molecule has 1 aliphatic rings. The zero-order valence-corrected chi connectivity index (χ0v) is 12.8. The minimum atomic E-state index is -0.0190. The van der Waals surface area contributed by atoms with Crippen molar-refractivity contribution in [1.29, 1.82) is 0 Å². The van der Waals surface area contributed by atoms with E-state index in [4.69, 9.17) is 5.84 Å². The number of hydrazine groups is 1. The van der Waals surface area contributed by atoms with Crippen molar-refractivity contribution in [3.63, 3.8) is 0 Å². The molecule has 104 valence electrons. The Bertz CT molecular complexity index is 490. The Balaban J connectivity index is 2.26. The van der Waals surface area contributed by atoms with Crippen molar-refractivity contribution in [3.8, 4) is 0 Å². The van der Waals surface area contributed by atoms with E-state index in [1.54, 1.807) is 12.3 Å². The maximum absolute atomic E-state index is 12.6. The van der Waals surface area contributed by atoms with E-state index in [1.165, 1.54) is 0 Å². The molecule has 0 spiro atoms. The van der Waals surface area contributed by atoms with Crippen LogP contribution in [0.4, 0.5) is 5.82 Å². The molecule has 0 saturated carbocycles. The van der Waals surface area contributed by atoms with E-state index < -0.39 is 0 Å². The number of aromatic nitrogens is 1. The second-order valence-corrected chi connectivity index (χ2v) is 6.60. The number of amides is 1. The molecule has 1 aromatic rings. The van der Waals surface area contributed by atoms with Crippen LogP contribution < -0.4 is 11.3 Å². The SMILES string of the molecule is CC1(C)CCCN(C(=O)c2cc(Br)cnc2NN)C1. The number of rotatable bonds is 2. The predicted molar refractivity (Wildman–Crippen MR) is 78.7 cm³/mol. The number of nitrogens with zero attached hydrogens (tertiary/aromatic N) is 2. The van der Waals surface area contributed by atoms with E-state index >= 15 is 0 Å². The molecule has 1 fully saturated rings. The molecular weight excluding hydrogens is 308 g/mol. The highest BCUT2D eigenvalue weighted by atomic mass is 79.9. The molecule has 6 heteroatoms. The summed E-state index contributed by atoms with van der Waals surface area (Å²) in [5.74, 6) is 5.82. The molecule has 1 aliphatic heterocycles. The second-order valence-electron chi connectivity index (χ2n) is 5.69. The van der Waals surface area contributed by atoms with Crippen LogP contribution in [-0.2, 0) is 0 Å². The van der Waals surface area contributed by atoms with Crippen LogP contribution in [0, 0.1) is 5.41 Å². The summed E-state index contributed by atoms with van der Waals surface area (Å²) in [5, 5.41) is 0. The fourth-order valence-corrected chi connectivity index (χ4v) is 2.82. The lowest BCUT2D eigenvalue weighted by Gasteiger charge is -2.38. The number of carbonyl (C=O) groups is 1. The number of pyridine rings is 1. The fraction of sp³-hybridized carbons (Fsp3) is 0.538. The Morgan fingerprint density at radius 1 is 1.58 bits per heavy atom. The first kappa shape index (κ1) is 14.3. The molecule has 1 amide bonds. The summed E-state index contributed by atoms with van der Waals surface area (Å²) >= 11 is 3.34. The van der Waals surface area contributed by atoms with Gasteiger partial charge in [-0.15, -0.1) is 0 Å². The molecule has 0 aliphatic carbocycles. The number of hydrogen-bond donors (Lipinski definition) is 2. The van der Waals surface area contributed by atoms with Gasteiger partial charge in [0.25, 0.3) is 5.91 Å². The first-order chi connectivity index (χ1) is 8.93. The molecule has 19 heavy (non-hydrogen) atoms. The number of piperidine rings is 1. The van der Waals surface area contributed by atoms with Crippen LogP contribution in [0.1, 0.15) is 37.0 Å². The zero-order valence-electron chi connectivity index (χ0n) is 11.2. The highest BCUT2D eigenvalue weighted by molar-refractivity contribution is 9.10. The lowest BCUT2D eigenvalue weighted by atomic mass is 9.84. The predicted octanol–water partition coefficient (Wildman–Crippen LogP) is 2.39. The number of nitrogens with two attached hydrogens (primary N) is 1. The third-order valence-corrected chi connectivity index (χ3v) is 3.84. The minimum Gasteiger partial charge on any atom is -0.338 e. The Hall–Kier alpha value is -1.14. The van der Waals surface area contributed by atoms with Crippen LogP contribution in [0.2, 0.25) is 0 Å². The van der Waals surface area contributed by atoms with Gasteiger partial charge in [0.15, 0.2) is 5.82 Å².